The minimum absolute atomic E-state index is 0.0163. The number of pyridine rings is 1. The second kappa shape index (κ2) is 5.02. The molecule has 0 atom stereocenters. The maximum Gasteiger partial charge on any atom is 0.574 e. The van der Waals surface area contributed by atoms with Crippen molar-refractivity contribution in [1.29, 1.82) is 0 Å². The minimum Gasteiger partial charge on any atom is -0.491 e. The highest BCUT2D eigenvalue weighted by Gasteiger charge is 2.34. The smallest absolute Gasteiger partial charge is 0.491 e. The number of methoxy groups -OCH3 is 1. The lowest BCUT2D eigenvalue weighted by atomic mass is 10.2. The fourth-order valence-corrected chi connectivity index (χ4v) is 1.54. The summed E-state index contributed by atoms with van der Waals surface area (Å²) in [4.78, 5) is 3.40. The zero-order chi connectivity index (χ0) is 12.3. The molecule has 8 heteroatoms. The number of hydrogen-bond acceptors (Lipinski definition) is 3. The summed E-state index contributed by atoms with van der Waals surface area (Å²) in [6.07, 6.45) is -3.81. The Morgan fingerprint density at radius 3 is 2.50 bits per heavy atom. The normalized spacial score (nSPS) is 11.4. The van der Waals surface area contributed by atoms with E-state index in [4.69, 9.17) is 0 Å². The van der Waals surface area contributed by atoms with Crippen LogP contribution in [0.4, 0.5) is 17.6 Å². The van der Waals surface area contributed by atoms with Crippen LogP contribution in [0.15, 0.2) is 6.20 Å². The first-order valence-corrected chi connectivity index (χ1v) is 5.00. The van der Waals surface area contributed by atoms with Crippen molar-refractivity contribution >= 4 is 22.6 Å². The van der Waals surface area contributed by atoms with Crippen LogP contribution in [0.3, 0.4) is 0 Å². The highest BCUT2D eigenvalue weighted by Crippen LogP contribution is 2.35. The molecule has 0 aliphatic rings. The lowest BCUT2D eigenvalue weighted by molar-refractivity contribution is -0.276. The van der Waals surface area contributed by atoms with Gasteiger partial charge in [0.2, 0.25) is 0 Å². The number of ether oxygens (including phenoxy) is 2. The van der Waals surface area contributed by atoms with Crippen molar-refractivity contribution in [1.82, 2.24) is 4.98 Å². The molecule has 1 aromatic heterocycles. The Morgan fingerprint density at radius 2 is 2.06 bits per heavy atom. The third-order valence-electron chi connectivity index (χ3n) is 1.60. The van der Waals surface area contributed by atoms with E-state index < -0.39 is 18.9 Å². The molecule has 0 bridgehead atoms. The molecule has 1 rings (SSSR count). The molecule has 0 saturated carbocycles. The molecule has 0 unspecified atom stereocenters. The van der Waals surface area contributed by atoms with E-state index >= 15 is 0 Å². The highest BCUT2D eigenvalue weighted by atomic mass is 127. The predicted octanol–water partition coefficient (Wildman–Crippen LogP) is 3.06. The molecule has 0 saturated heterocycles. The van der Waals surface area contributed by atoms with Crippen molar-refractivity contribution in [3.63, 3.8) is 0 Å². The molecule has 3 nitrogen and oxygen atoms in total. The molecule has 90 valence electrons. The van der Waals surface area contributed by atoms with Gasteiger partial charge in [-0.25, -0.2) is 9.37 Å². The number of hydrogen-bond donors (Lipinski definition) is 0. The molecule has 0 fully saturated rings. The van der Waals surface area contributed by atoms with Gasteiger partial charge in [-0.15, -0.1) is 13.2 Å². The third kappa shape index (κ3) is 3.09. The van der Waals surface area contributed by atoms with Crippen LogP contribution in [0.25, 0.3) is 0 Å². The molecule has 0 radical (unpaired) electrons. The summed E-state index contributed by atoms with van der Waals surface area (Å²) in [6.45, 7) is -0.960. The molecule has 0 aliphatic heterocycles. The highest BCUT2D eigenvalue weighted by molar-refractivity contribution is 14.1. The SMILES string of the molecule is COc1c(OC(F)(F)F)ncc(I)c1CF. The maximum absolute atomic E-state index is 12.6. The molecule has 0 amide bonds. The number of halogens is 5. The zero-order valence-corrected chi connectivity index (χ0v) is 10.1. The average molecular weight is 351 g/mol. The van der Waals surface area contributed by atoms with E-state index in [0.29, 0.717) is 3.57 Å². The van der Waals surface area contributed by atoms with Crippen LogP contribution in [-0.2, 0) is 6.67 Å². The van der Waals surface area contributed by atoms with Crippen molar-refractivity contribution < 1.29 is 27.0 Å². The van der Waals surface area contributed by atoms with Crippen LogP contribution in [-0.4, -0.2) is 18.5 Å². The number of rotatable bonds is 3. The second-order valence-electron chi connectivity index (χ2n) is 2.60. The Hall–Kier alpha value is -0.800. The summed E-state index contributed by atoms with van der Waals surface area (Å²) in [5.74, 6) is -1.13. The Labute approximate surface area is 102 Å². The van der Waals surface area contributed by atoms with E-state index in [-0.39, 0.29) is 11.3 Å². The number of nitrogens with zero attached hydrogens (tertiary/aromatic N) is 1. The Balaban J connectivity index is 3.19. The van der Waals surface area contributed by atoms with E-state index in [2.05, 4.69) is 14.5 Å². The maximum atomic E-state index is 12.6. The zero-order valence-electron chi connectivity index (χ0n) is 7.94. The quantitative estimate of drug-likeness (QED) is 0.620. The Kier molecular flexibility index (Phi) is 4.16. The second-order valence-corrected chi connectivity index (χ2v) is 3.77. The first-order valence-electron chi connectivity index (χ1n) is 3.92. The molecule has 0 aromatic carbocycles. The molecular formula is C8H6F4INO2. The van der Waals surface area contributed by atoms with E-state index in [0.717, 1.165) is 13.3 Å². The topological polar surface area (TPSA) is 31.4 Å². The first-order chi connectivity index (χ1) is 7.39. The first kappa shape index (κ1) is 13.3. The van der Waals surface area contributed by atoms with Gasteiger partial charge in [0.15, 0.2) is 5.75 Å². The number of aromatic nitrogens is 1. The third-order valence-corrected chi connectivity index (χ3v) is 2.53. The van der Waals surface area contributed by atoms with E-state index in [9.17, 15) is 17.6 Å². The average Bonchev–Trinajstić information content (AvgIpc) is 2.18. The van der Waals surface area contributed by atoms with Crippen LogP contribution in [0.5, 0.6) is 11.6 Å². The summed E-state index contributed by atoms with van der Waals surface area (Å²) in [6, 6.07) is 0. The molecular weight excluding hydrogens is 345 g/mol. The minimum atomic E-state index is -4.89. The molecule has 0 N–H and O–H groups in total. The molecule has 16 heavy (non-hydrogen) atoms. The Bertz CT molecular complexity index is 383. The van der Waals surface area contributed by atoms with Crippen LogP contribution in [0.2, 0.25) is 0 Å². The van der Waals surface area contributed by atoms with Gasteiger partial charge in [-0.2, -0.15) is 0 Å². The van der Waals surface area contributed by atoms with Gasteiger partial charge in [-0.1, -0.05) is 0 Å². The molecule has 1 aromatic rings. The van der Waals surface area contributed by atoms with Gasteiger partial charge >= 0.3 is 6.36 Å². The van der Waals surface area contributed by atoms with Crippen molar-refractivity contribution in [2.24, 2.45) is 0 Å². The van der Waals surface area contributed by atoms with Crippen molar-refractivity contribution in [3.8, 4) is 11.6 Å². The fraction of sp³-hybridized carbons (Fsp3) is 0.375. The van der Waals surface area contributed by atoms with E-state index in [1.54, 1.807) is 22.6 Å². The van der Waals surface area contributed by atoms with Gasteiger partial charge in [0.05, 0.1) is 7.11 Å². The van der Waals surface area contributed by atoms with Crippen LogP contribution in [0, 0.1) is 3.57 Å². The Morgan fingerprint density at radius 1 is 1.44 bits per heavy atom. The summed E-state index contributed by atoms with van der Waals surface area (Å²) in [5.41, 5.74) is -0.0163. The van der Waals surface area contributed by atoms with Gasteiger partial charge in [0, 0.05) is 15.3 Å². The van der Waals surface area contributed by atoms with E-state index in [1.165, 1.54) is 0 Å². The van der Waals surface area contributed by atoms with Gasteiger partial charge in [0.25, 0.3) is 5.88 Å². The van der Waals surface area contributed by atoms with Gasteiger partial charge in [-0.3, -0.25) is 0 Å². The van der Waals surface area contributed by atoms with Gasteiger partial charge in [-0.05, 0) is 22.6 Å². The van der Waals surface area contributed by atoms with Crippen molar-refractivity contribution in [3.05, 3.63) is 15.3 Å². The van der Waals surface area contributed by atoms with E-state index in [1.807, 2.05) is 0 Å². The molecule has 0 aliphatic carbocycles. The lowest BCUT2D eigenvalue weighted by Crippen LogP contribution is -2.19. The predicted molar refractivity (Wildman–Crippen MR) is 55.0 cm³/mol. The van der Waals surface area contributed by atoms with Gasteiger partial charge < -0.3 is 9.47 Å². The van der Waals surface area contributed by atoms with Crippen LogP contribution >= 0.6 is 22.6 Å². The van der Waals surface area contributed by atoms with Crippen LogP contribution < -0.4 is 9.47 Å². The summed E-state index contributed by atoms with van der Waals surface area (Å²) in [7, 11) is 1.12. The van der Waals surface area contributed by atoms with Crippen molar-refractivity contribution in [2.45, 2.75) is 13.0 Å². The fourth-order valence-electron chi connectivity index (χ4n) is 1.01. The van der Waals surface area contributed by atoms with Gasteiger partial charge in [0.1, 0.15) is 6.67 Å². The number of alkyl halides is 4. The monoisotopic (exact) mass is 351 g/mol. The standard InChI is InChI=1S/C8H6F4INO2/c1-15-6-4(2-9)5(13)3-14-7(6)16-8(10,11)12/h3H,2H2,1H3. The summed E-state index contributed by atoms with van der Waals surface area (Å²) >= 11 is 1.74. The summed E-state index contributed by atoms with van der Waals surface area (Å²) in [5, 5.41) is 0. The molecule has 1 heterocycles. The van der Waals surface area contributed by atoms with Crippen LogP contribution in [0.1, 0.15) is 5.56 Å². The van der Waals surface area contributed by atoms with Crippen molar-refractivity contribution in [2.75, 3.05) is 7.11 Å². The largest absolute Gasteiger partial charge is 0.574 e. The molecule has 0 spiro atoms. The lowest BCUT2D eigenvalue weighted by Gasteiger charge is -2.14. The summed E-state index contributed by atoms with van der Waals surface area (Å²) < 4.78 is 57.2.